The van der Waals surface area contributed by atoms with Crippen LogP contribution in [0.2, 0.25) is 0 Å². The third-order valence-electron chi connectivity index (χ3n) is 2.55. The van der Waals surface area contributed by atoms with Crippen LogP contribution in [0.1, 0.15) is 12.1 Å². The van der Waals surface area contributed by atoms with Crippen LogP contribution in [-0.4, -0.2) is 30.5 Å². The first kappa shape index (κ1) is 10.6. The quantitative estimate of drug-likeness (QED) is 0.682. The summed E-state index contributed by atoms with van der Waals surface area (Å²) in [5, 5.41) is 0. The Kier molecular flexibility index (Phi) is 2.85. The summed E-state index contributed by atoms with van der Waals surface area (Å²) in [6.07, 6.45) is 2.71. The summed E-state index contributed by atoms with van der Waals surface area (Å²) in [5.74, 6) is -0.490. The molecule has 0 atom stereocenters. The van der Waals surface area contributed by atoms with Gasteiger partial charge in [-0.25, -0.2) is 0 Å². The third kappa shape index (κ3) is 1.88. The number of methoxy groups -OCH3 is 1. The van der Waals surface area contributed by atoms with Crippen molar-refractivity contribution in [2.45, 2.75) is 12.8 Å². The van der Waals surface area contributed by atoms with Crippen LogP contribution in [0.3, 0.4) is 0 Å². The van der Waals surface area contributed by atoms with Crippen LogP contribution in [0.4, 0.5) is 5.69 Å². The average molecular weight is 220 g/mol. The van der Waals surface area contributed by atoms with E-state index in [0.29, 0.717) is 18.5 Å². The van der Waals surface area contributed by atoms with Crippen molar-refractivity contribution in [3.8, 4) is 0 Å². The van der Waals surface area contributed by atoms with Crippen molar-refractivity contribution in [2.75, 3.05) is 18.6 Å². The number of hydrogen-bond acceptors (Lipinski definition) is 4. The fraction of sp³-hybridized carbons (Fsp3) is 0.364. The standard InChI is InChI=1S/C11H12N2O3/c1-16-11(15)7-13-9-3-2-6-12-8(9)4-5-10(13)14/h2-3,6H,4-5,7H2,1H3. The summed E-state index contributed by atoms with van der Waals surface area (Å²) in [6, 6.07) is 3.55. The number of rotatable bonds is 2. The van der Waals surface area contributed by atoms with Crippen LogP contribution < -0.4 is 4.90 Å². The predicted molar refractivity (Wildman–Crippen MR) is 56.9 cm³/mol. The highest BCUT2D eigenvalue weighted by molar-refractivity contribution is 5.99. The average Bonchev–Trinajstić information content (AvgIpc) is 2.32. The van der Waals surface area contributed by atoms with Crippen LogP contribution in [0.25, 0.3) is 0 Å². The van der Waals surface area contributed by atoms with Crippen molar-refractivity contribution in [1.29, 1.82) is 0 Å². The minimum Gasteiger partial charge on any atom is -0.468 e. The van der Waals surface area contributed by atoms with E-state index in [1.807, 2.05) is 0 Å². The lowest BCUT2D eigenvalue weighted by atomic mass is 10.1. The van der Waals surface area contributed by atoms with E-state index in [0.717, 1.165) is 5.69 Å². The number of carbonyl (C=O) groups is 2. The lowest BCUT2D eigenvalue weighted by Crippen LogP contribution is -2.39. The summed E-state index contributed by atoms with van der Waals surface area (Å²) in [6.45, 7) is -0.0476. The van der Waals surface area contributed by atoms with Gasteiger partial charge in [-0.3, -0.25) is 19.5 Å². The van der Waals surface area contributed by atoms with E-state index in [4.69, 9.17) is 0 Å². The first-order valence-corrected chi connectivity index (χ1v) is 5.03. The molecule has 2 heterocycles. The summed E-state index contributed by atoms with van der Waals surface area (Å²) in [5.41, 5.74) is 1.56. The van der Waals surface area contributed by atoms with Gasteiger partial charge in [0.15, 0.2) is 0 Å². The van der Waals surface area contributed by atoms with E-state index >= 15 is 0 Å². The number of amides is 1. The second-order valence-electron chi connectivity index (χ2n) is 3.53. The molecule has 0 fully saturated rings. The molecule has 0 saturated carbocycles. The molecule has 84 valence electrons. The van der Waals surface area contributed by atoms with Crippen molar-refractivity contribution in [2.24, 2.45) is 0 Å². The number of nitrogens with zero attached hydrogens (tertiary/aromatic N) is 2. The lowest BCUT2D eigenvalue weighted by Gasteiger charge is -2.27. The molecule has 0 radical (unpaired) electrons. The minimum absolute atomic E-state index is 0.0476. The molecule has 16 heavy (non-hydrogen) atoms. The second kappa shape index (κ2) is 4.30. The van der Waals surface area contributed by atoms with Gasteiger partial charge in [-0.15, -0.1) is 0 Å². The van der Waals surface area contributed by atoms with Gasteiger partial charge in [-0.05, 0) is 12.1 Å². The van der Waals surface area contributed by atoms with Crippen LogP contribution in [0.5, 0.6) is 0 Å². The number of pyridine rings is 1. The van der Waals surface area contributed by atoms with Gasteiger partial charge in [0, 0.05) is 19.0 Å². The maximum atomic E-state index is 11.7. The molecule has 0 aromatic carbocycles. The molecule has 1 aliphatic rings. The molecule has 0 N–H and O–H groups in total. The number of fused-ring (bicyclic) bond motifs is 1. The Bertz CT molecular complexity index is 431. The van der Waals surface area contributed by atoms with Gasteiger partial charge in [-0.2, -0.15) is 0 Å². The van der Waals surface area contributed by atoms with E-state index in [1.165, 1.54) is 12.0 Å². The van der Waals surface area contributed by atoms with Crippen LogP contribution in [0, 0.1) is 0 Å². The van der Waals surface area contributed by atoms with Gasteiger partial charge in [0.05, 0.1) is 18.5 Å². The molecule has 0 aliphatic carbocycles. The first-order valence-electron chi connectivity index (χ1n) is 5.03. The number of aromatic nitrogens is 1. The predicted octanol–water partition coefficient (Wildman–Crippen LogP) is 0.534. The topological polar surface area (TPSA) is 59.5 Å². The maximum Gasteiger partial charge on any atom is 0.325 e. The van der Waals surface area contributed by atoms with Crippen LogP contribution in [0.15, 0.2) is 18.3 Å². The Morgan fingerprint density at radius 2 is 2.38 bits per heavy atom. The highest BCUT2D eigenvalue weighted by Gasteiger charge is 2.26. The zero-order valence-electron chi connectivity index (χ0n) is 8.97. The molecule has 1 aromatic rings. The SMILES string of the molecule is COC(=O)CN1C(=O)CCc2ncccc21. The first-order chi connectivity index (χ1) is 7.72. The molecular weight excluding hydrogens is 208 g/mol. The molecule has 2 rings (SSSR count). The number of ether oxygens (including phenoxy) is 1. The molecule has 0 bridgehead atoms. The van der Waals surface area contributed by atoms with Gasteiger partial charge in [0.1, 0.15) is 6.54 Å². The zero-order valence-corrected chi connectivity index (χ0v) is 8.97. The molecule has 1 aliphatic heterocycles. The monoisotopic (exact) mass is 220 g/mol. The fourth-order valence-electron chi connectivity index (χ4n) is 1.73. The molecular formula is C11H12N2O3. The van der Waals surface area contributed by atoms with Crippen LogP contribution >= 0.6 is 0 Å². The van der Waals surface area contributed by atoms with E-state index in [2.05, 4.69) is 9.72 Å². The van der Waals surface area contributed by atoms with E-state index in [9.17, 15) is 9.59 Å². The summed E-state index contributed by atoms with van der Waals surface area (Å²) in [4.78, 5) is 28.5. The smallest absolute Gasteiger partial charge is 0.325 e. The summed E-state index contributed by atoms with van der Waals surface area (Å²) >= 11 is 0. The highest BCUT2D eigenvalue weighted by Crippen LogP contribution is 2.25. The van der Waals surface area contributed by atoms with Gasteiger partial charge < -0.3 is 4.74 Å². The Hall–Kier alpha value is -1.91. The third-order valence-corrected chi connectivity index (χ3v) is 2.55. The van der Waals surface area contributed by atoms with Gasteiger partial charge in [-0.1, -0.05) is 0 Å². The maximum absolute atomic E-state index is 11.7. The van der Waals surface area contributed by atoms with E-state index in [1.54, 1.807) is 18.3 Å². The van der Waals surface area contributed by atoms with Crippen molar-refractivity contribution in [1.82, 2.24) is 4.98 Å². The summed E-state index contributed by atoms with van der Waals surface area (Å²) < 4.78 is 4.56. The Labute approximate surface area is 93.0 Å². The van der Waals surface area contributed by atoms with E-state index < -0.39 is 5.97 Å². The molecule has 1 aromatic heterocycles. The molecule has 5 nitrogen and oxygen atoms in total. The Morgan fingerprint density at radius 3 is 3.12 bits per heavy atom. The largest absolute Gasteiger partial charge is 0.468 e. The zero-order chi connectivity index (χ0) is 11.5. The van der Waals surface area contributed by atoms with Gasteiger partial charge >= 0.3 is 5.97 Å². The highest BCUT2D eigenvalue weighted by atomic mass is 16.5. The Balaban J connectivity index is 2.29. The number of hydrogen-bond donors (Lipinski definition) is 0. The number of aryl methyl sites for hydroxylation is 1. The van der Waals surface area contributed by atoms with Crippen LogP contribution in [-0.2, 0) is 20.7 Å². The number of carbonyl (C=O) groups excluding carboxylic acids is 2. The van der Waals surface area contributed by atoms with Gasteiger partial charge in [0.2, 0.25) is 5.91 Å². The van der Waals surface area contributed by atoms with Crippen molar-refractivity contribution in [3.63, 3.8) is 0 Å². The molecule has 5 heteroatoms. The molecule has 0 saturated heterocycles. The normalized spacial score (nSPS) is 14.6. The molecule has 1 amide bonds. The Morgan fingerprint density at radius 1 is 1.56 bits per heavy atom. The minimum atomic E-state index is -0.426. The number of anilines is 1. The van der Waals surface area contributed by atoms with Crippen molar-refractivity contribution < 1.29 is 14.3 Å². The number of esters is 1. The lowest BCUT2D eigenvalue weighted by molar-refractivity contribution is -0.140. The second-order valence-corrected chi connectivity index (χ2v) is 3.53. The van der Waals surface area contributed by atoms with E-state index in [-0.39, 0.29) is 12.5 Å². The van der Waals surface area contributed by atoms with Gasteiger partial charge in [0.25, 0.3) is 0 Å². The fourth-order valence-corrected chi connectivity index (χ4v) is 1.73. The molecule has 0 unspecified atom stereocenters. The summed E-state index contributed by atoms with van der Waals surface area (Å²) in [7, 11) is 1.31. The van der Waals surface area contributed by atoms with Crippen molar-refractivity contribution in [3.05, 3.63) is 24.0 Å². The molecule has 0 spiro atoms. The van der Waals surface area contributed by atoms with Crippen molar-refractivity contribution >= 4 is 17.6 Å².